The molecule has 0 aliphatic heterocycles. The van der Waals surface area contributed by atoms with E-state index in [4.69, 9.17) is 10.9 Å². The summed E-state index contributed by atoms with van der Waals surface area (Å²) in [5.74, 6) is 3.44. The third-order valence-corrected chi connectivity index (χ3v) is 6.83. The van der Waals surface area contributed by atoms with Gasteiger partial charge >= 0.3 is 0 Å². The topological polar surface area (TPSA) is 97.1 Å². The molecule has 3 aromatic rings. The number of carbonyl (C=O) groups is 2. The van der Waals surface area contributed by atoms with E-state index in [0.29, 0.717) is 34.5 Å². The summed E-state index contributed by atoms with van der Waals surface area (Å²) in [7, 11) is 0. The SMILES string of the molecule is C#Cc1ccc(NC(=O)c2cccc(C(NC(=O)c3cc(C4CC4)on3)C3CCCCC3)c2)cn1. The van der Waals surface area contributed by atoms with Gasteiger partial charge in [0, 0.05) is 17.5 Å². The maximum atomic E-state index is 13.1. The van der Waals surface area contributed by atoms with Crippen LogP contribution in [0.5, 0.6) is 0 Å². The Hall–Kier alpha value is -3.92. The van der Waals surface area contributed by atoms with Crippen molar-refractivity contribution in [3.8, 4) is 12.3 Å². The molecular weight excluding hydrogens is 440 g/mol. The van der Waals surface area contributed by atoms with Crippen LogP contribution >= 0.6 is 0 Å². The van der Waals surface area contributed by atoms with E-state index in [1.807, 2.05) is 18.2 Å². The Balaban J connectivity index is 1.35. The number of anilines is 1. The Labute approximate surface area is 204 Å². The Bertz CT molecular complexity index is 1250. The normalized spacial score (nSPS) is 16.8. The summed E-state index contributed by atoms with van der Waals surface area (Å²) < 4.78 is 5.38. The summed E-state index contributed by atoms with van der Waals surface area (Å²) in [6.45, 7) is 0. The molecule has 2 saturated carbocycles. The van der Waals surface area contributed by atoms with E-state index in [9.17, 15) is 9.59 Å². The number of nitrogens with zero attached hydrogens (tertiary/aromatic N) is 2. The zero-order chi connectivity index (χ0) is 24.2. The van der Waals surface area contributed by atoms with Gasteiger partial charge in [-0.15, -0.1) is 6.42 Å². The molecule has 178 valence electrons. The average molecular weight is 469 g/mol. The molecule has 2 amide bonds. The molecule has 1 unspecified atom stereocenters. The van der Waals surface area contributed by atoms with Crippen LogP contribution in [0.15, 0.2) is 53.2 Å². The fourth-order valence-electron chi connectivity index (χ4n) is 4.74. The minimum atomic E-state index is -0.249. The van der Waals surface area contributed by atoms with Crippen molar-refractivity contribution in [2.24, 2.45) is 5.92 Å². The largest absolute Gasteiger partial charge is 0.360 e. The van der Waals surface area contributed by atoms with Crippen LogP contribution in [0.3, 0.4) is 0 Å². The third-order valence-electron chi connectivity index (χ3n) is 6.83. The van der Waals surface area contributed by atoms with Crippen molar-refractivity contribution < 1.29 is 14.1 Å². The number of pyridine rings is 1. The van der Waals surface area contributed by atoms with Crippen LogP contribution in [0.25, 0.3) is 0 Å². The van der Waals surface area contributed by atoms with Gasteiger partial charge in [-0.25, -0.2) is 4.98 Å². The summed E-state index contributed by atoms with van der Waals surface area (Å²) >= 11 is 0. The number of carbonyl (C=O) groups excluding carboxylic acids is 2. The van der Waals surface area contributed by atoms with Gasteiger partial charge in [0.05, 0.1) is 17.9 Å². The van der Waals surface area contributed by atoms with Crippen LogP contribution in [-0.2, 0) is 0 Å². The predicted molar refractivity (Wildman–Crippen MR) is 132 cm³/mol. The van der Waals surface area contributed by atoms with Crippen LogP contribution in [0.1, 0.15) is 94.8 Å². The van der Waals surface area contributed by atoms with Gasteiger partial charge in [0.25, 0.3) is 11.8 Å². The van der Waals surface area contributed by atoms with Gasteiger partial charge in [-0.05, 0) is 61.4 Å². The first-order valence-corrected chi connectivity index (χ1v) is 12.2. The first kappa shape index (κ1) is 22.9. The summed E-state index contributed by atoms with van der Waals surface area (Å²) in [5.41, 5.74) is 2.80. The molecule has 2 heterocycles. The average Bonchev–Trinajstić information content (AvgIpc) is 3.64. The first-order valence-electron chi connectivity index (χ1n) is 12.2. The Kier molecular flexibility index (Phi) is 6.62. The van der Waals surface area contributed by atoms with Crippen molar-refractivity contribution in [2.45, 2.75) is 56.9 Å². The maximum absolute atomic E-state index is 13.1. The highest BCUT2D eigenvalue weighted by Crippen LogP contribution is 2.40. The number of terminal acetylenes is 1. The van der Waals surface area contributed by atoms with Crippen molar-refractivity contribution in [1.82, 2.24) is 15.5 Å². The fraction of sp³-hybridized carbons (Fsp3) is 0.357. The Morgan fingerprint density at radius 2 is 1.86 bits per heavy atom. The van der Waals surface area contributed by atoms with Crippen molar-refractivity contribution in [3.63, 3.8) is 0 Å². The molecule has 2 aliphatic carbocycles. The van der Waals surface area contributed by atoms with Crippen LogP contribution in [0.2, 0.25) is 0 Å². The molecule has 5 rings (SSSR count). The lowest BCUT2D eigenvalue weighted by Gasteiger charge is -2.31. The van der Waals surface area contributed by atoms with Crippen LogP contribution in [-0.4, -0.2) is 22.0 Å². The summed E-state index contributed by atoms with van der Waals surface area (Å²) in [4.78, 5) is 30.2. The lowest BCUT2D eigenvalue weighted by molar-refractivity contribution is 0.0903. The Morgan fingerprint density at radius 3 is 2.57 bits per heavy atom. The highest BCUT2D eigenvalue weighted by molar-refractivity contribution is 6.04. The first-order chi connectivity index (χ1) is 17.1. The molecule has 2 aromatic heterocycles. The van der Waals surface area contributed by atoms with Gasteiger partial charge in [-0.1, -0.05) is 42.5 Å². The number of hydrogen-bond donors (Lipinski definition) is 2. The van der Waals surface area contributed by atoms with Crippen molar-refractivity contribution in [1.29, 1.82) is 0 Å². The van der Waals surface area contributed by atoms with E-state index < -0.39 is 0 Å². The second-order valence-electron chi connectivity index (χ2n) is 9.39. The number of rotatable bonds is 7. The van der Waals surface area contributed by atoms with Gasteiger partial charge in [-0.3, -0.25) is 9.59 Å². The summed E-state index contributed by atoms with van der Waals surface area (Å²) in [6.07, 6.45) is 14.6. The van der Waals surface area contributed by atoms with Gasteiger partial charge in [-0.2, -0.15) is 0 Å². The van der Waals surface area contributed by atoms with Gasteiger partial charge < -0.3 is 15.2 Å². The monoisotopic (exact) mass is 468 g/mol. The van der Waals surface area contributed by atoms with E-state index in [-0.39, 0.29) is 17.9 Å². The molecule has 0 bridgehead atoms. The molecule has 7 heteroatoms. The molecule has 2 fully saturated rings. The fourth-order valence-corrected chi connectivity index (χ4v) is 4.74. The molecule has 0 radical (unpaired) electrons. The molecule has 2 N–H and O–H groups in total. The minimum Gasteiger partial charge on any atom is -0.360 e. The second kappa shape index (κ2) is 10.1. The van der Waals surface area contributed by atoms with Gasteiger partial charge in [0.15, 0.2) is 5.69 Å². The smallest absolute Gasteiger partial charge is 0.273 e. The lowest BCUT2D eigenvalue weighted by Crippen LogP contribution is -2.34. The number of aromatic nitrogens is 2. The standard InChI is InChI=1S/C28H28N4O3/c1-2-22-13-14-23(17-29-22)30-27(33)21-10-6-9-20(15-21)26(19-7-4-3-5-8-19)31-28(34)24-16-25(35-32-24)18-11-12-18/h1,6,9-10,13-19,26H,3-5,7-8,11-12H2,(H,30,33)(H,31,34). The van der Waals surface area contributed by atoms with Gasteiger partial charge in [0.1, 0.15) is 11.5 Å². The van der Waals surface area contributed by atoms with Gasteiger partial charge in [0.2, 0.25) is 0 Å². The highest BCUT2D eigenvalue weighted by Gasteiger charge is 2.31. The van der Waals surface area contributed by atoms with Crippen molar-refractivity contribution in [3.05, 3.63) is 76.9 Å². The molecule has 0 saturated heterocycles. The van der Waals surface area contributed by atoms with Crippen LogP contribution < -0.4 is 10.6 Å². The Morgan fingerprint density at radius 1 is 1.03 bits per heavy atom. The predicted octanol–water partition coefficient (Wildman–Crippen LogP) is 5.23. The van der Waals surface area contributed by atoms with E-state index in [2.05, 4.69) is 26.7 Å². The molecule has 35 heavy (non-hydrogen) atoms. The van der Waals surface area contributed by atoms with Crippen LogP contribution in [0, 0.1) is 18.3 Å². The van der Waals surface area contributed by atoms with Crippen LogP contribution in [0.4, 0.5) is 5.69 Å². The second-order valence-corrected chi connectivity index (χ2v) is 9.39. The lowest BCUT2D eigenvalue weighted by atomic mass is 9.80. The van der Waals surface area contributed by atoms with E-state index >= 15 is 0 Å². The quantitative estimate of drug-likeness (QED) is 0.463. The summed E-state index contributed by atoms with van der Waals surface area (Å²) in [5, 5.41) is 10.1. The van der Waals surface area contributed by atoms with E-state index in [0.717, 1.165) is 49.8 Å². The molecule has 7 nitrogen and oxygen atoms in total. The number of benzene rings is 1. The van der Waals surface area contributed by atoms with E-state index in [1.54, 1.807) is 24.3 Å². The third kappa shape index (κ3) is 5.43. The highest BCUT2D eigenvalue weighted by atomic mass is 16.5. The van der Waals surface area contributed by atoms with Crippen molar-refractivity contribution in [2.75, 3.05) is 5.32 Å². The van der Waals surface area contributed by atoms with Crippen molar-refractivity contribution >= 4 is 17.5 Å². The number of amides is 2. The zero-order valence-electron chi connectivity index (χ0n) is 19.5. The maximum Gasteiger partial charge on any atom is 0.273 e. The summed E-state index contributed by atoms with van der Waals surface area (Å²) in [6, 6.07) is 12.4. The molecule has 0 spiro atoms. The minimum absolute atomic E-state index is 0.215. The number of hydrogen-bond acceptors (Lipinski definition) is 5. The molecule has 2 aliphatic rings. The molecule has 1 aromatic carbocycles. The zero-order valence-corrected chi connectivity index (χ0v) is 19.5. The number of nitrogens with one attached hydrogen (secondary N) is 2. The molecular formula is C28H28N4O3. The molecule has 1 atom stereocenters. The van der Waals surface area contributed by atoms with E-state index in [1.165, 1.54) is 12.6 Å².